The molecule has 1 fully saturated rings. The quantitative estimate of drug-likeness (QED) is 0.474. The zero-order chi connectivity index (χ0) is 27.4. The molecule has 1 aliphatic carbocycles. The lowest BCUT2D eigenvalue weighted by molar-refractivity contribution is -0.129. The summed E-state index contributed by atoms with van der Waals surface area (Å²) in [4.78, 5) is 45.1. The Morgan fingerprint density at radius 2 is 1.87 bits per heavy atom. The highest BCUT2D eigenvalue weighted by Gasteiger charge is 2.31. The Kier molecular flexibility index (Phi) is 8.29. The van der Waals surface area contributed by atoms with Crippen molar-refractivity contribution in [3.63, 3.8) is 0 Å². The minimum Gasteiger partial charge on any atom is -0.453 e. The molecule has 2 atom stereocenters. The number of carbonyl (C=O) groups is 3. The van der Waals surface area contributed by atoms with E-state index in [0.717, 1.165) is 36.1 Å². The monoisotopic (exact) mass is 530 g/mol. The minimum atomic E-state index is -0.580. The number of nitrogens with zero attached hydrogens (tertiary/aromatic N) is 2. The number of aromatic nitrogens is 1. The summed E-state index contributed by atoms with van der Waals surface area (Å²) in [6.07, 6.45) is 12.5. The van der Waals surface area contributed by atoms with Gasteiger partial charge in [0, 0.05) is 36.0 Å². The number of rotatable bonds is 3. The van der Waals surface area contributed by atoms with Gasteiger partial charge in [-0.3, -0.25) is 19.9 Å². The largest absolute Gasteiger partial charge is 0.453 e. The first-order chi connectivity index (χ1) is 18.9. The first-order valence-electron chi connectivity index (χ1n) is 14.2. The lowest BCUT2D eigenvalue weighted by atomic mass is 9.81. The molecule has 3 heterocycles. The van der Waals surface area contributed by atoms with Crippen molar-refractivity contribution >= 4 is 29.3 Å². The minimum absolute atomic E-state index is 0.0769. The van der Waals surface area contributed by atoms with Crippen molar-refractivity contribution in [2.45, 2.75) is 70.8 Å². The second-order valence-electron chi connectivity index (χ2n) is 11.0. The lowest BCUT2D eigenvalue weighted by Crippen LogP contribution is -2.39. The molecule has 2 unspecified atom stereocenters. The van der Waals surface area contributed by atoms with Crippen LogP contribution in [-0.2, 0) is 14.3 Å². The fourth-order valence-electron chi connectivity index (χ4n) is 6.19. The Morgan fingerprint density at radius 1 is 1.05 bits per heavy atom. The number of methoxy groups -OCH3 is 1. The molecular formula is C31H38N4O4. The van der Waals surface area contributed by atoms with Gasteiger partial charge in [-0.05, 0) is 67.9 Å². The summed E-state index contributed by atoms with van der Waals surface area (Å²) < 4.78 is 4.72. The summed E-state index contributed by atoms with van der Waals surface area (Å²) >= 11 is 0. The van der Waals surface area contributed by atoms with Crippen LogP contribution in [0.2, 0.25) is 0 Å². The molecular weight excluding hydrogens is 492 g/mol. The second-order valence-corrected chi connectivity index (χ2v) is 11.0. The molecule has 8 heteroatoms. The molecule has 206 valence electrons. The summed E-state index contributed by atoms with van der Waals surface area (Å²) in [5.41, 5.74) is 5.01. The second kappa shape index (κ2) is 12.0. The molecule has 0 radical (unpaired) electrons. The van der Waals surface area contributed by atoms with Crippen LogP contribution in [0.3, 0.4) is 0 Å². The Balaban J connectivity index is 1.48. The van der Waals surface area contributed by atoms with Gasteiger partial charge in [0.25, 0.3) is 0 Å². The predicted octanol–water partition coefficient (Wildman–Crippen LogP) is 6.47. The highest BCUT2D eigenvalue weighted by molar-refractivity contribution is 5.98. The smallest absolute Gasteiger partial charge is 0.411 e. The molecule has 2 bridgehead atoms. The van der Waals surface area contributed by atoms with Crippen LogP contribution in [0.5, 0.6) is 0 Å². The highest BCUT2D eigenvalue weighted by Crippen LogP contribution is 2.38. The van der Waals surface area contributed by atoms with Gasteiger partial charge < -0.3 is 15.0 Å². The number of hydrogen-bond acceptors (Lipinski definition) is 5. The van der Waals surface area contributed by atoms with Crippen LogP contribution >= 0.6 is 0 Å². The summed E-state index contributed by atoms with van der Waals surface area (Å²) in [5, 5.41) is 5.73. The number of carbonyl (C=O) groups excluding carboxylic acids is 3. The summed E-state index contributed by atoms with van der Waals surface area (Å²) in [7, 11) is 1.31. The van der Waals surface area contributed by atoms with Crippen LogP contribution in [0.4, 0.5) is 16.2 Å². The molecule has 1 saturated carbocycles. The number of pyridine rings is 1. The topological polar surface area (TPSA) is 101 Å². The van der Waals surface area contributed by atoms with E-state index in [4.69, 9.17) is 9.72 Å². The van der Waals surface area contributed by atoms with Crippen LogP contribution in [0.1, 0.15) is 76.4 Å². The Hall–Kier alpha value is -3.68. The fraction of sp³-hybridized carbons (Fsp3) is 0.484. The SMILES string of the molecule is COC(=O)Nc1ccc2c(c1)NC(=O)C(C)CCCC(N1CCC(C3CCCCC3)=CC1=O)c1cc-2ccn1. The molecule has 1 aromatic heterocycles. The maximum atomic E-state index is 13.5. The number of benzene rings is 1. The van der Waals surface area contributed by atoms with E-state index >= 15 is 0 Å². The summed E-state index contributed by atoms with van der Waals surface area (Å²) in [6.45, 7) is 2.63. The highest BCUT2D eigenvalue weighted by atomic mass is 16.5. The van der Waals surface area contributed by atoms with Gasteiger partial charge in [0.05, 0.1) is 24.5 Å². The van der Waals surface area contributed by atoms with Gasteiger partial charge >= 0.3 is 6.09 Å². The lowest BCUT2D eigenvalue weighted by Gasteiger charge is -2.36. The van der Waals surface area contributed by atoms with Gasteiger partial charge in [0.1, 0.15) is 0 Å². The van der Waals surface area contributed by atoms with Crippen molar-refractivity contribution in [2.75, 3.05) is 24.3 Å². The van der Waals surface area contributed by atoms with Crippen molar-refractivity contribution in [3.05, 3.63) is 53.9 Å². The van der Waals surface area contributed by atoms with E-state index in [1.54, 1.807) is 18.3 Å². The van der Waals surface area contributed by atoms with Gasteiger partial charge in [0.15, 0.2) is 0 Å². The maximum Gasteiger partial charge on any atom is 0.411 e. The van der Waals surface area contributed by atoms with Crippen LogP contribution < -0.4 is 10.6 Å². The van der Waals surface area contributed by atoms with Gasteiger partial charge in [-0.1, -0.05) is 44.2 Å². The molecule has 2 N–H and O–H groups in total. The average Bonchev–Trinajstić information content (AvgIpc) is 2.95. The molecule has 0 spiro atoms. The predicted molar refractivity (Wildman–Crippen MR) is 151 cm³/mol. The Bertz CT molecular complexity index is 1270. The third-order valence-electron chi connectivity index (χ3n) is 8.44. The normalized spacial score (nSPS) is 22.5. The number of nitrogens with one attached hydrogen (secondary N) is 2. The zero-order valence-electron chi connectivity index (χ0n) is 22.9. The van der Waals surface area contributed by atoms with Crippen LogP contribution in [0.25, 0.3) is 11.1 Å². The van der Waals surface area contributed by atoms with Gasteiger partial charge in [-0.15, -0.1) is 0 Å². The van der Waals surface area contributed by atoms with Gasteiger partial charge in [-0.2, -0.15) is 0 Å². The molecule has 5 rings (SSSR count). The van der Waals surface area contributed by atoms with Gasteiger partial charge in [-0.25, -0.2) is 4.79 Å². The number of ether oxygens (including phenoxy) is 1. The summed E-state index contributed by atoms with van der Waals surface area (Å²) in [5.74, 6) is 0.344. The van der Waals surface area contributed by atoms with E-state index < -0.39 is 6.09 Å². The average molecular weight is 531 g/mol. The number of amides is 3. The molecule has 3 aliphatic rings. The van der Waals surface area contributed by atoms with Crippen LogP contribution in [0, 0.1) is 11.8 Å². The third kappa shape index (κ3) is 6.15. The van der Waals surface area contributed by atoms with Crippen molar-refractivity contribution in [1.82, 2.24) is 9.88 Å². The molecule has 0 saturated heterocycles. The van der Waals surface area contributed by atoms with E-state index in [-0.39, 0.29) is 23.8 Å². The van der Waals surface area contributed by atoms with Crippen molar-refractivity contribution in [1.29, 1.82) is 0 Å². The van der Waals surface area contributed by atoms with E-state index in [9.17, 15) is 14.4 Å². The van der Waals surface area contributed by atoms with Crippen LogP contribution in [0.15, 0.2) is 48.2 Å². The van der Waals surface area contributed by atoms with E-state index in [1.165, 1.54) is 44.8 Å². The first-order valence-corrected chi connectivity index (χ1v) is 14.2. The number of hydrogen-bond donors (Lipinski definition) is 2. The molecule has 3 amide bonds. The van der Waals surface area contributed by atoms with Crippen molar-refractivity contribution in [2.24, 2.45) is 11.8 Å². The van der Waals surface area contributed by atoms with Crippen molar-refractivity contribution < 1.29 is 19.1 Å². The fourth-order valence-corrected chi connectivity index (χ4v) is 6.19. The number of fused-ring (bicyclic) bond motifs is 4. The Labute approximate surface area is 230 Å². The van der Waals surface area contributed by atoms with E-state index in [1.807, 2.05) is 36.1 Å². The molecule has 2 aliphatic heterocycles. The summed E-state index contributed by atoms with van der Waals surface area (Å²) in [6, 6.07) is 9.18. The zero-order valence-corrected chi connectivity index (χ0v) is 22.9. The first kappa shape index (κ1) is 26.9. The van der Waals surface area contributed by atoms with Crippen LogP contribution in [-0.4, -0.2) is 41.4 Å². The van der Waals surface area contributed by atoms with E-state index in [2.05, 4.69) is 10.6 Å². The molecule has 2 aromatic rings. The number of anilines is 2. The third-order valence-corrected chi connectivity index (χ3v) is 8.44. The van der Waals surface area contributed by atoms with Crippen molar-refractivity contribution in [3.8, 4) is 11.1 Å². The molecule has 39 heavy (non-hydrogen) atoms. The maximum absolute atomic E-state index is 13.5. The molecule has 1 aromatic carbocycles. The standard InChI is InChI=1S/C31H38N4O4/c1-20-7-6-10-28(35-16-14-22(18-29(35)36)21-8-4-3-5-9-21)27-17-23(13-15-32-27)25-12-11-24(33-31(38)39-2)19-26(25)34-30(20)37/h11-13,15,17-21,28H,3-10,14,16H2,1-2H3,(H,33,38)(H,34,37). The Morgan fingerprint density at radius 3 is 2.64 bits per heavy atom. The van der Waals surface area contributed by atoms with E-state index in [0.29, 0.717) is 30.3 Å². The molecule has 8 nitrogen and oxygen atoms in total. The van der Waals surface area contributed by atoms with Gasteiger partial charge in [0.2, 0.25) is 11.8 Å².